The van der Waals surface area contributed by atoms with Crippen LogP contribution in [0.3, 0.4) is 0 Å². The van der Waals surface area contributed by atoms with Gasteiger partial charge in [-0.1, -0.05) is 0 Å². The van der Waals surface area contributed by atoms with Crippen LogP contribution in [0.25, 0.3) is 10.9 Å². The minimum absolute atomic E-state index is 0.164. The highest BCUT2D eigenvalue weighted by Gasteiger charge is 2.45. The van der Waals surface area contributed by atoms with E-state index in [1.54, 1.807) is 0 Å². The number of nitrogens with one attached hydrogen (secondary N) is 1. The molecule has 8 nitrogen and oxygen atoms in total. The molecule has 1 fully saturated rings. The van der Waals surface area contributed by atoms with Crippen LogP contribution in [0.4, 0.5) is 46.9 Å². The fraction of sp³-hybridized carbons (Fsp3) is 0.391. The van der Waals surface area contributed by atoms with Gasteiger partial charge in [-0.3, -0.25) is 9.36 Å². The average Bonchev–Trinajstić information content (AvgIpc) is 2.83. The molecular formula is C23H19F8N5O3. The fourth-order valence-corrected chi connectivity index (χ4v) is 4.26. The summed E-state index contributed by atoms with van der Waals surface area (Å²) in [5.74, 6) is -5.76. The van der Waals surface area contributed by atoms with E-state index in [1.807, 2.05) is 5.32 Å². The highest BCUT2D eigenvalue weighted by atomic mass is 19.4. The molecule has 0 bridgehead atoms. The van der Waals surface area contributed by atoms with Crippen LogP contribution in [0.1, 0.15) is 40.4 Å². The lowest BCUT2D eigenvalue weighted by atomic mass is 9.98. The summed E-state index contributed by atoms with van der Waals surface area (Å²) in [6.45, 7) is -0.628. The van der Waals surface area contributed by atoms with Crippen molar-refractivity contribution < 1.29 is 45.0 Å². The Bertz CT molecular complexity index is 1480. The molecule has 0 radical (unpaired) electrons. The number of rotatable bonds is 5. The number of aromatic nitrogens is 3. The predicted octanol–water partition coefficient (Wildman–Crippen LogP) is 5.00. The van der Waals surface area contributed by atoms with Gasteiger partial charge in [0.15, 0.2) is 6.04 Å². The van der Waals surface area contributed by atoms with E-state index in [0.29, 0.717) is 6.07 Å². The van der Waals surface area contributed by atoms with Gasteiger partial charge < -0.3 is 15.3 Å². The van der Waals surface area contributed by atoms with Crippen LogP contribution in [-0.2, 0) is 13.2 Å². The van der Waals surface area contributed by atoms with Gasteiger partial charge in [-0.15, -0.1) is 0 Å². The zero-order valence-electron chi connectivity index (χ0n) is 19.9. The number of piperidine rings is 1. The molecule has 1 atom stereocenters. The Morgan fingerprint density at radius 3 is 2.33 bits per heavy atom. The molecule has 39 heavy (non-hydrogen) atoms. The first kappa shape index (κ1) is 28.0. The lowest BCUT2D eigenvalue weighted by Gasteiger charge is -2.33. The van der Waals surface area contributed by atoms with Crippen LogP contribution in [0, 0.1) is 0 Å². The number of aromatic carboxylic acids is 1. The highest BCUT2D eigenvalue weighted by Crippen LogP contribution is 2.42. The Balaban J connectivity index is 1.99. The molecule has 0 saturated carbocycles. The van der Waals surface area contributed by atoms with Crippen LogP contribution in [-0.4, -0.2) is 50.8 Å². The number of benzene rings is 1. The molecule has 1 aliphatic rings. The highest BCUT2D eigenvalue weighted by molar-refractivity contribution is 5.93. The number of hydrogen-bond donors (Lipinski definition) is 2. The molecular weight excluding hydrogens is 546 g/mol. The Morgan fingerprint density at radius 1 is 1.13 bits per heavy atom. The standard InChI is InChI=1S/C23H19F8N5O3/c1-35-18(37)14-10-11(22(26,27)28)9-13(15(14)33-20(35)36-7-4-21(24,25)5-8-36)16(23(29,30)31)34-17-12(19(38)39)3-2-6-32-17/h2-3,6,9-10,16H,4-5,7-8H2,1H3,(H,32,34)(H,38,39)/t16-/m0/s1. The van der Waals surface area contributed by atoms with Gasteiger partial charge in [0.1, 0.15) is 11.4 Å². The van der Waals surface area contributed by atoms with Gasteiger partial charge >= 0.3 is 18.3 Å². The van der Waals surface area contributed by atoms with E-state index >= 15 is 0 Å². The van der Waals surface area contributed by atoms with Gasteiger partial charge in [-0.2, -0.15) is 26.3 Å². The van der Waals surface area contributed by atoms with Gasteiger partial charge in [-0.05, 0) is 24.3 Å². The summed E-state index contributed by atoms with van der Waals surface area (Å²) in [6, 6.07) is -0.394. The summed E-state index contributed by atoms with van der Waals surface area (Å²) in [7, 11) is 1.11. The van der Waals surface area contributed by atoms with Gasteiger partial charge in [0.05, 0.1) is 16.5 Å². The third-order valence-corrected chi connectivity index (χ3v) is 6.25. The zero-order valence-corrected chi connectivity index (χ0v) is 19.9. The largest absolute Gasteiger partial charge is 0.478 e. The molecule has 1 saturated heterocycles. The zero-order chi connectivity index (χ0) is 28.9. The molecule has 16 heteroatoms. The van der Waals surface area contributed by atoms with Gasteiger partial charge in [0, 0.05) is 44.7 Å². The van der Waals surface area contributed by atoms with Crippen molar-refractivity contribution in [2.75, 3.05) is 23.3 Å². The average molecular weight is 565 g/mol. The molecule has 0 spiro atoms. The Morgan fingerprint density at radius 2 is 1.77 bits per heavy atom. The number of hydrogen-bond acceptors (Lipinski definition) is 6. The van der Waals surface area contributed by atoms with Crippen molar-refractivity contribution in [1.29, 1.82) is 0 Å². The van der Waals surface area contributed by atoms with Crippen molar-refractivity contribution in [3.8, 4) is 0 Å². The number of pyridine rings is 1. The number of halogens is 8. The minimum Gasteiger partial charge on any atom is -0.478 e. The van der Waals surface area contributed by atoms with Crippen LogP contribution in [0.15, 0.2) is 35.3 Å². The molecule has 4 rings (SSSR count). The second kappa shape index (κ2) is 9.64. The molecule has 3 aromatic rings. The van der Waals surface area contributed by atoms with E-state index in [0.717, 1.165) is 29.9 Å². The van der Waals surface area contributed by atoms with Crippen molar-refractivity contribution in [3.05, 3.63) is 57.5 Å². The van der Waals surface area contributed by atoms with E-state index in [1.165, 1.54) is 4.90 Å². The summed E-state index contributed by atoms with van der Waals surface area (Å²) < 4.78 is 112. The number of carboxylic acids is 1. The topological polar surface area (TPSA) is 100 Å². The van der Waals surface area contributed by atoms with E-state index in [-0.39, 0.29) is 25.1 Å². The van der Waals surface area contributed by atoms with E-state index in [4.69, 9.17) is 0 Å². The molecule has 3 heterocycles. The van der Waals surface area contributed by atoms with Crippen LogP contribution in [0.5, 0.6) is 0 Å². The molecule has 210 valence electrons. The third-order valence-electron chi connectivity index (χ3n) is 6.25. The maximum Gasteiger partial charge on any atom is 0.416 e. The second-order valence-corrected chi connectivity index (χ2v) is 8.90. The number of alkyl halides is 8. The normalized spacial score (nSPS) is 16.8. The Kier molecular flexibility index (Phi) is 6.93. The summed E-state index contributed by atoms with van der Waals surface area (Å²) in [4.78, 5) is 33.5. The molecule has 0 amide bonds. The van der Waals surface area contributed by atoms with Crippen LogP contribution >= 0.6 is 0 Å². The first-order chi connectivity index (χ1) is 18.0. The summed E-state index contributed by atoms with van der Waals surface area (Å²) in [6.07, 6.45) is -10.8. The predicted molar refractivity (Wildman–Crippen MR) is 122 cm³/mol. The maximum atomic E-state index is 14.4. The number of carboxylic acid groups (broad SMARTS) is 1. The summed E-state index contributed by atoms with van der Waals surface area (Å²) in [5, 5.41) is 10.4. The van der Waals surface area contributed by atoms with Crippen molar-refractivity contribution in [2.24, 2.45) is 7.05 Å². The van der Waals surface area contributed by atoms with Gasteiger partial charge in [0.2, 0.25) is 5.95 Å². The van der Waals surface area contributed by atoms with E-state index < -0.39 is 82.1 Å². The summed E-state index contributed by atoms with van der Waals surface area (Å²) >= 11 is 0. The first-order valence-electron chi connectivity index (χ1n) is 11.3. The van der Waals surface area contributed by atoms with E-state index in [2.05, 4.69) is 9.97 Å². The first-order valence-corrected chi connectivity index (χ1v) is 11.3. The van der Waals surface area contributed by atoms with Crippen molar-refractivity contribution in [2.45, 2.75) is 37.2 Å². The van der Waals surface area contributed by atoms with Crippen LogP contribution in [0.2, 0.25) is 0 Å². The molecule has 2 N–H and O–H groups in total. The van der Waals surface area contributed by atoms with E-state index in [9.17, 15) is 49.8 Å². The molecule has 1 aromatic carbocycles. The fourth-order valence-electron chi connectivity index (χ4n) is 4.26. The molecule has 2 aromatic heterocycles. The molecule has 1 aliphatic heterocycles. The van der Waals surface area contributed by atoms with Crippen LogP contribution < -0.4 is 15.8 Å². The second-order valence-electron chi connectivity index (χ2n) is 8.90. The molecule has 0 aliphatic carbocycles. The quantitative estimate of drug-likeness (QED) is 0.421. The van der Waals surface area contributed by atoms with Crippen molar-refractivity contribution in [3.63, 3.8) is 0 Å². The van der Waals surface area contributed by atoms with Gasteiger partial charge in [0.25, 0.3) is 11.5 Å². The number of nitrogens with zero attached hydrogens (tertiary/aromatic N) is 4. The third kappa shape index (κ3) is 5.59. The maximum absolute atomic E-state index is 14.4. The number of carbonyl (C=O) groups is 1. The van der Waals surface area contributed by atoms with Crippen molar-refractivity contribution >= 4 is 28.6 Å². The van der Waals surface area contributed by atoms with Crippen molar-refractivity contribution in [1.82, 2.24) is 14.5 Å². The SMILES string of the molecule is Cn1c(N2CCC(F)(F)CC2)nc2c([C@H](Nc3ncccc3C(=O)O)C(F)(F)F)cc(C(F)(F)F)cc2c1=O. The summed E-state index contributed by atoms with van der Waals surface area (Å²) in [5.41, 5.74) is -5.30. The monoisotopic (exact) mass is 565 g/mol. The number of fused-ring (bicyclic) bond motifs is 1. The Labute approximate surface area is 213 Å². The van der Waals surface area contributed by atoms with Gasteiger partial charge in [-0.25, -0.2) is 23.5 Å². The lowest BCUT2D eigenvalue weighted by Crippen LogP contribution is -2.42. The Hall–Kier alpha value is -3.98. The smallest absolute Gasteiger partial charge is 0.416 e. The lowest BCUT2D eigenvalue weighted by molar-refractivity contribution is -0.145. The molecule has 0 unspecified atom stereocenters. The minimum atomic E-state index is -5.33. The number of anilines is 2.